The van der Waals surface area contributed by atoms with Crippen LogP contribution in [0.25, 0.3) is 11.3 Å². The Morgan fingerprint density at radius 3 is 2.63 bits per heavy atom. The van der Waals surface area contributed by atoms with Gasteiger partial charge in [-0.1, -0.05) is 26.0 Å². The Kier molecular flexibility index (Phi) is 10.8. The number of fused-ring (bicyclic) bond motifs is 3. The fraction of sp³-hybridized carbons (Fsp3) is 0.595. The van der Waals surface area contributed by atoms with Gasteiger partial charge in [-0.25, -0.2) is 4.79 Å². The van der Waals surface area contributed by atoms with Crippen molar-refractivity contribution in [2.75, 3.05) is 82.8 Å². The number of aromatic nitrogens is 3. The van der Waals surface area contributed by atoms with Gasteiger partial charge < -0.3 is 39.3 Å². The van der Waals surface area contributed by atoms with Gasteiger partial charge in [0.15, 0.2) is 11.6 Å². The Labute approximate surface area is 303 Å². The first-order chi connectivity index (χ1) is 25.2. The molecule has 1 amide bonds. The van der Waals surface area contributed by atoms with Crippen LogP contribution in [0.3, 0.4) is 0 Å². The lowest BCUT2D eigenvalue weighted by Crippen LogP contribution is -2.58. The number of aromatic hydroxyl groups is 1. The quantitative estimate of drug-likeness (QED) is 0.247. The Hall–Kier alpha value is -4.47. The number of phenolic OH excluding ortho intramolecular Hbond substituents is 1. The van der Waals surface area contributed by atoms with E-state index in [2.05, 4.69) is 35.4 Å². The highest BCUT2D eigenvalue weighted by Gasteiger charge is 2.44. The van der Waals surface area contributed by atoms with E-state index in [0.29, 0.717) is 41.5 Å². The fourth-order valence-corrected chi connectivity index (χ4v) is 8.19. The molecule has 4 aliphatic rings. The second-order valence-corrected chi connectivity index (χ2v) is 14.8. The smallest absolute Gasteiger partial charge is 0.328 e. The molecule has 3 aromatic rings. The van der Waals surface area contributed by atoms with Gasteiger partial charge >= 0.3 is 5.97 Å². The van der Waals surface area contributed by atoms with Crippen LogP contribution in [0.15, 0.2) is 40.9 Å². The number of β-amino-alcohol motifs (C(OH)–C–C–N with tert-alkyl or cyclic N) is 1. The van der Waals surface area contributed by atoms with Crippen LogP contribution < -0.4 is 15.0 Å². The molecule has 0 saturated carbocycles. The highest BCUT2D eigenvalue weighted by Crippen LogP contribution is 2.37. The molecule has 4 atom stereocenters. The van der Waals surface area contributed by atoms with Crippen molar-refractivity contribution >= 4 is 23.4 Å². The van der Waals surface area contributed by atoms with Crippen molar-refractivity contribution in [1.29, 1.82) is 0 Å². The number of para-hydroxylation sites is 1. The number of methoxy groups -OCH3 is 1. The van der Waals surface area contributed by atoms with E-state index >= 15 is 0 Å². The van der Waals surface area contributed by atoms with E-state index in [1.807, 2.05) is 32.0 Å². The minimum Gasteiger partial charge on any atom is -0.507 e. The number of phenols is 1. The summed E-state index contributed by atoms with van der Waals surface area (Å²) in [5.41, 5.74) is 2.41. The number of aliphatic hydroxyl groups is 1. The van der Waals surface area contributed by atoms with Gasteiger partial charge in [0.2, 0.25) is 5.91 Å². The topological polar surface area (TPSA) is 170 Å². The Morgan fingerprint density at radius 1 is 1.06 bits per heavy atom. The Balaban J connectivity index is 0.855. The number of benzene rings is 1. The zero-order valence-corrected chi connectivity index (χ0v) is 30.2. The molecule has 6 heterocycles. The summed E-state index contributed by atoms with van der Waals surface area (Å²) in [7, 11) is 1.28. The van der Waals surface area contributed by atoms with E-state index in [9.17, 15) is 19.8 Å². The normalized spacial score (nSPS) is 23.2. The molecule has 3 N–H and O–H groups in total. The van der Waals surface area contributed by atoms with E-state index in [1.54, 1.807) is 18.2 Å². The maximum absolute atomic E-state index is 13.6. The third kappa shape index (κ3) is 7.66. The van der Waals surface area contributed by atoms with Crippen LogP contribution in [-0.2, 0) is 14.3 Å². The second kappa shape index (κ2) is 15.6. The van der Waals surface area contributed by atoms with Gasteiger partial charge in [0, 0.05) is 63.9 Å². The number of piperidine rings is 1. The fourth-order valence-electron chi connectivity index (χ4n) is 8.19. The first-order valence-electron chi connectivity index (χ1n) is 18.5. The van der Waals surface area contributed by atoms with Crippen molar-refractivity contribution in [3.63, 3.8) is 0 Å². The largest absolute Gasteiger partial charge is 0.507 e. The number of esters is 1. The summed E-state index contributed by atoms with van der Waals surface area (Å²) >= 11 is 0. The highest BCUT2D eigenvalue weighted by molar-refractivity contribution is 5.89. The van der Waals surface area contributed by atoms with E-state index in [0.717, 1.165) is 76.7 Å². The summed E-state index contributed by atoms with van der Waals surface area (Å²) in [6, 6.07) is 10.5. The SMILES string of the molecule is COC(=O)[C@@H]1C[C@@H](O)CN1C(=O)[C@@H](c1cc(OCCN2CCC(CN3CCN4c5cc(-c6ccccc6O)nnc5NC[C@H]4C3)CC2)no1)C(C)C. The maximum atomic E-state index is 13.6. The number of carbonyl (C=O) groups excluding carboxylic acids is 2. The highest BCUT2D eigenvalue weighted by atomic mass is 16.5. The van der Waals surface area contributed by atoms with Crippen LogP contribution in [0.2, 0.25) is 0 Å². The minimum absolute atomic E-state index is 0.0687. The van der Waals surface area contributed by atoms with Crippen LogP contribution in [0, 0.1) is 11.8 Å². The number of amides is 1. The standard InChI is InChI=1S/C37H50N8O7/c1-23(2)34(36(48)45-22-26(46)16-30(45)37(49)50-3)32-18-33(41-52-32)51-15-14-42-10-8-24(9-11-42)20-43-12-13-44-25(21-43)19-38-35-29(44)17-28(39-40-35)27-6-4-5-7-31(27)47/h4-7,17-18,23-26,30,34,46-47H,8-16,19-22H2,1-3H3,(H,38,40)/t25-,26+,30-,34+/m0/s1. The number of anilines is 2. The van der Waals surface area contributed by atoms with E-state index in [4.69, 9.17) is 14.0 Å². The third-order valence-corrected chi connectivity index (χ3v) is 11.0. The zero-order valence-electron chi connectivity index (χ0n) is 30.2. The molecule has 3 saturated heterocycles. The molecule has 1 aromatic carbocycles. The Morgan fingerprint density at radius 2 is 1.87 bits per heavy atom. The number of hydrogen-bond donors (Lipinski definition) is 3. The molecule has 0 radical (unpaired) electrons. The molecule has 0 aliphatic carbocycles. The number of nitrogens with one attached hydrogen (secondary N) is 1. The molecule has 3 fully saturated rings. The summed E-state index contributed by atoms with van der Waals surface area (Å²) in [6.07, 6.45) is 1.63. The van der Waals surface area contributed by atoms with Crippen LogP contribution in [-0.4, -0.2) is 143 Å². The van der Waals surface area contributed by atoms with Crippen molar-refractivity contribution in [2.45, 2.75) is 57.2 Å². The predicted octanol–water partition coefficient (Wildman–Crippen LogP) is 2.42. The molecular weight excluding hydrogens is 668 g/mol. The minimum atomic E-state index is -0.823. The number of ether oxygens (including phenoxy) is 2. The van der Waals surface area contributed by atoms with Gasteiger partial charge in [-0.05, 0) is 61.1 Å². The molecule has 7 rings (SSSR count). The van der Waals surface area contributed by atoms with Crippen molar-refractivity contribution < 1.29 is 33.8 Å². The number of hydrogen-bond acceptors (Lipinski definition) is 14. The lowest BCUT2D eigenvalue weighted by atomic mass is 9.91. The number of rotatable bonds is 11. The third-order valence-electron chi connectivity index (χ3n) is 11.0. The summed E-state index contributed by atoms with van der Waals surface area (Å²) < 4.78 is 16.4. The van der Waals surface area contributed by atoms with Crippen molar-refractivity contribution in [2.24, 2.45) is 11.8 Å². The molecule has 280 valence electrons. The molecule has 4 aliphatic heterocycles. The van der Waals surface area contributed by atoms with Crippen LogP contribution in [0.5, 0.6) is 11.6 Å². The van der Waals surface area contributed by atoms with Gasteiger partial charge in [0.25, 0.3) is 5.88 Å². The van der Waals surface area contributed by atoms with E-state index in [1.165, 1.54) is 12.0 Å². The molecule has 52 heavy (non-hydrogen) atoms. The van der Waals surface area contributed by atoms with Gasteiger partial charge in [-0.3, -0.25) is 14.6 Å². The lowest BCUT2D eigenvalue weighted by Gasteiger charge is -2.47. The lowest BCUT2D eigenvalue weighted by molar-refractivity contribution is -0.152. The maximum Gasteiger partial charge on any atom is 0.328 e. The average Bonchev–Trinajstić information content (AvgIpc) is 3.78. The van der Waals surface area contributed by atoms with Gasteiger partial charge in [-0.2, -0.15) is 0 Å². The summed E-state index contributed by atoms with van der Waals surface area (Å²) in [5, 5.41) is 36.9. The van der Waals surface area contributed by atoms with Crippen molar-refractivity contribution in [1.82, 2.24) is 30.1 Å². The predicted molar refractivity (Wildman–Crippen MR) is 192 cm³/mol. The van der Waals surface area contributed by atoms with Gasteiger partial charge in [-0.15, -0.1) is 10.2 Å². The first kappa shape index (κ1) is 35.9. The molecule has 0 unspecified atom stereocenters. The second-order valence-electron chi connectivity index (χ2n) is 14.8. The summed E-state index contributed by atoms with van der Waals surface area (Å²) in [5.74, 6) is 0.699. The molecule has 0 bridgehead atoms. The average molecular weight is 719 g/mol. The molecule has 15 nitrogen and oxygen atoms in total. The number of likely N-dealkylation sites (tertiary alicyclic amines) is 2. The zero-order chi connectivity index (χ0) is 36.4. The summed E-state index contributed by atoms with van der Waals surface area (Å²) in [6.45, 7) is 12.0. The molecule has 15 heteroatoms. The van der Waals surface area contributed by atoms with Crippen LogP contribution in [0.4, 0.5) is 11.5 Å². The number of nitrogens with zero attached hydrogens (tertiary/aromatic N) is 7. The molecular formula is C37H50N8O7. The Bertz CT molecular complexity index is 1710. The van der Waals surface area contributed by atoms with Gasteiger partial charge in [0.05, 0.1) is 30.6 Å². The number of carbonyl (C=O) groups is 2. The van der Waals surface area contributed by atoms with E-state index in [-0.39, 0.29) is 30.5 Å². The summed E-state index contributed by atoms with van der Waals surface area (Å²) in [4.78, 5) is 34.7. The van der Waals surface area contributed by atoms with Crippen molar-refractivity contribution in [3.8, 4) is 22.9 Å². The van der Waals surface area contributed by atoms with Crippen molar-refractivity contribution in [3.05, 3.63) is 42.2 Å². The van der Waals surface area contributed by atoms with Gasteiger partial charge in [0.1, 0.15) is 24.3 Å². The number of aliphatic hydroxyl groups excluding tert-OH is 1. The van der Waals surface area contributed by atoms with E-state index < -0.39 is 24.0 Å². The van der Waals surface area contributed by atoms with Crippen LogP contribution in [0.1, 0.15) is 44.8 Å². The first-order valence-corrected chi connectivity index (χ1v) is 18.5. The molecule has 2 aromatic heterocycles. The molecule has 0 spiro atoms. The monoisotopic (exact) mass is 718 g/mol. The van der Waals surface area contributed by atoms with Crippen LogP contribution >= 0.6 is 0 Å². The number of piperazine rings is 1.